The fourth-order valence-corrected chi connectivity index (χ4v) is 5.34. The van der Waals surface area contributed by atoms with Crippen molar-refractivity contribution < 1.29 is 9.53 Å². The zero-order chi connectivity index (χ0) is 21.1. The molecule has 1 aliphatic rings. The maximum atomic E-state index is 13.5. The Morgan fingerprint density at radius 1 is 1.19 bits per heavy atom. The van der Waals surface area contributed by atoms with Crippen molar-refractivity contribution in [2.24, 2.45) is 0 Å². The Hall–Kier alpha value is -1.26. The standard InChI is InChI=1S/C23H26IN3O2S.ClH/c1-16-8-9-20-21(17(16)2)25-23(30-20)27(11-5-10-26-12-14-29-15-13-26)22(28)18-6-3-4-7-19(18)24;/h3-4,6-9H,5,10-15H2,1-2H3;1H. The number of carbonyl (C=O) groups is 1. The summed E-state index contributed by atoms with van der Waals surface area (Å²) in [4.78, 5) is 22.7. The molecule has 2 heterocycles. The van der Waals surface area contributed by atoms with Crippen LogP contribution in [0.2, 0.25) is 0 Å². The minimum absolute atomic E-state index is 0. The number of nitrogens with zero attached hydrogens (tertiary/aromatic N) is 3. The molecule has 0 saturated carbocycles. The summed E-state index contributed by atoms with van der Waals surface area (Å²) >= 11 is 3.84. The summed E-state index contributed by atoms with van der Waals surface area (Å²) in [7, 11) is 0. The Morgan fingerprint density at radius 3 is 2.68 bits per heavy atom. The van der Waals surface area contributed by atoms with Crippen LogP contribution in [0.3, 0.4) is 0 Å². The number of anilines is 1. The second-order valence-electron chi connectivity index (χ2n) is 7.59. The van der Waals surface area contributed by atoms with Crippen molar-refractivity contribution in [3.63, 3.8) is 0 Å². The van der Waals surface area contributed by atoms with Gasteiger partial charge in [-0.3, -0.25) is 14.6 Å². The van der Waals surface area contributed by atoms with Crippen molar-refractivity contribution >= 4 is 67.6 Å². The van der Waals surface area contributed by atoms with Gasteiger partial charge in [0.1, 0.15) is 0 Å². The molecule has 2 aromatic carbocycles. The van der Waals surface area contributed by atoms with E-state index in [0.717, 1.165) is 63.8 Å². The number of benzene rings is 2. The van der Waals surface area contributed by atoms with Crippen LogP contribution in [0.15, 0.2) is 36.4 Å². The molecule has 4 rings (SSSR count). The van der Waals surface area contributed by atoms with Crippen LogP contribution in [-0.2, 0) is 4.74 Å². The number of thiazole rings is 1. The second-order valence-corrected chi connectivity index (χ2v) is 9.77. The number of halogens is 2. The number of aryl methyl sites for hydroxylation is 2. The predicted molar refractivity (Wildman–Crippen MR) is 139 cm³/mol. The van der Waals surface area contributed by atoms with Gasteiger partial charge in [-0.15, -0.1) is 12.4 Å². The van der Waals surface area contributed by atoms with Gasteiger partial charge in [-0.2, -0.15) is 0 Å². The SMILES string of the molecule is Cc1ccc2sc(N(CCCN3CCOCC3)C(=O)c3ccccc3I)nc2c1C.Cl. The summed E-state index contributed by atoms with van der Waals surface area (Å²) in [5.74, 6) is 0.0235. The van der Waals surface area contributed by atoms with Crippen molar-refractivity contribution in [3.05, 3.63) is 56.7 Å². The molecule has 1 saturated heterocycles. The van der Waals surface area contributed by atoms with E-state index in [0.29, 0.717) is 6.54 Å². The number of rotatable bonds is 6. The minimum Gasteiger partial charge on any atom is -0.379 e. The maximum Gasteiger partial charge on any atom is 0.261 e. The molecular formula is C23H27ClIN3O2S. The highest BCUT2D eigenvalue weighted by Crippen LogP contribution is 2.33. The number of hydrogen-bond acceptors (Lipinski definition) is 5. The van der Waals surface area contributed by atoms with Gasteiger partial charge >= 0.3 is 0 Å². The molecular weight excluding hydrogens is 545 g/mol. The normalized spacial score (nSPS) is 14.4. The predicted octanol–water partition coefficient (Wildman–Crippen LogP) is 5.31. The Labute approximate surface area is 207 Å². The van der Waals surface area contributed by atoms with Crippen molar-refractivity contribution in [2.75, 3.05) is 44.3 Å². The van der Waals surface area contributed by atoms with Gasteiger partial charge in [-0.1, -0.05) is 29.5 Å². The Kier molecular flexibility index (Phi) is 8.69. The number of fused-ring (bicyclic) bond motifs is 1. The van der Waals surface area contributed by atoms with Crippen LogP contribution in [0.25, 0.3) is 10.2 Å². The number of aromatic nitrogens is 1. The fourth-order valence-electron chi connectivity index (χ4n) is 3.67. The highest BCUT2D eigenvalue weighted by molar-refractivity contribution is 14.1. The number of hydrogen-bond donors (Lipinski definition) is 0. The Balaban J connectivity index is 0.00000272. The van der Waals surface area contributed by atoms with Gasteiger partial charge < -0.3 is 4.74 Å². The lowest BCUT2D eigenvalue weighted by atomic mass is 10.1. The van der Waals surface area contributed by atoms with E-state index >= 15 is 0 Å². The number of morpholine rings is 1. The lowest BCUT2D eigenvalue weighted by Crippen LogP contribution is -2.39. The molecule has 1 aromatic heterocycles. The molecule has 166 valence electrons. The molecule has 0 spiro atoms. The van der Waals surface area contributed by atoms with Crippen molar-refractivity contribution in [2.45, 2.75) is 20.3 Å². The molecule has 8 heteroatoms. The van der Waals surface area contributed by atoms with E-state index < -0.39 is 0 Å². The van der Waals surface area contributed by atoms with Crippen molar-refractivity contribution in [1.29, 1.82) is 0 Å². The molecule has 0 radical (unpaired) electrons. The molecule has 5 nitrogen and oxygen atoms in total. The number of ether oxygens (including phenoxy) is 1. The highest BCUT2D eigenvalue weighted by atomic mass is 127. The smallest absolute Gasteiger partial charge is 0.261 e. The second kappa shape index (κ2) is 11.0. The first-order chi connectivity index (χ1) is 14.5. The summed E-state index contributed by atoms with van der Waals surface area (Å²) in [5, 5.41) is 0.783. The molecule has 1 amide bonds. The highest BCUT2D eigenvalue weighted by Gasteiger charge is 2.23. The van der Waals surface area contributed by atoms with Crippen LogP contribution in [0.1, 0.15) is 27.9 Å². The first kappa shape index (κ1) is 24.4. The minimum atomic E-state index is 0. The van der Waals surface area contributed by atoms with Gasteiger partial charge in [0.05, 0.1) is 29.0 Å². The monoisotopic (exact) mass is 571 g/mol. The lowest BCUT2D eigenvalue weighted by molar-refractivity contribution is 0.0376. The van der Waals surface area contributed by atoms with Crippen LogP contribution in [-0.4, -0.2) is 55.2 Å². The van der Waals surface area contributed by atoms with Gasteiger partial charge in [0.2, 0.25) is 0 Å². The number of amides is 1. The quantitative estimate of drug-likeness (QED) is 0.376. The maximum absolute atomic E-state index is 13.5. The summed E-state index contributed by atoms with van der Waals surface area (Å²) in [6.45, 7) is 9.33. The van der Waals surface area contributed by atoms with E-state index in [4.69, 9.17) is 9.72 Å². The van der Waals surface area contributed by atoms with Crippen LogP contribution in [0.5, 0.6) is 0 Å². The summed E-state index contributed by atoms with van der Waals surface area (Å²) < 4.78 is 7.54. The third kappa shape index (κ3) is 5.57. The van der Waals surface area contributed by atoms with Crippen molar-refractivity contribution in [1.82, 2.24) is 9.88 Å². The van der Waals surface area contributed by atoms with Gasteiger partial charge in [0.25, 0.3) is 5.91 Å². The van der Waals surface area contributed by atoms with Crippen LogP contribution in [0, 0.1) is 17.4 Å². The number of carbonyl (C=O) groups excluding carboxylic acids is 1. The zero-order valence-corrected chi connectivity index (χ0v) is 21.6. The average molecular weight is 572 g/mol. The molecule has 31 heavy (non-hydrogen) atoms. The van der Waals surface area contributed by atoms with Gasteiger partial charge in [0.15, 0.2) is 5.13 Å². The molecule has 0 aliphatic carbocycles. The average Bonchev–Trinajstić information content (AvgIpc) is 3.19. The summed E-state index contributed by atoms with van der Waals surface area (Å²) in [6, 6.07) is 12.0. The third-order valence-corrected chi connectivity index (χ3v) is 7.60. The largest absolute Gasteiger partial charge is 0.379 e. The van der Waals surface area contributed by atoms with Crippen LogP contribution in [0.4, 0.5) is 5.13 Å². The molecule has 0 atom stereocenters. The molecule has 0 unspecified atom stereocenters. The molecule has 0 bridgehead atoms. The molecule has 1 aliphatic heterocycles. The zero-order valence-electron chi connectivity index (χ0n) is 17.8. The molecule has 3 aromatic rings. The summed E-state index contributed by atoms with van der Waals surface area (Å²) in [5.41, 5.74) is 4.15. The van der Waals surface area contributed by atoms with Crippen molar-refractivity contribution in [3.8, 4) is 0 Å². The third-order valence-electron chi connectivity index (χ3n) is 5.61. The first-order valence-corrected chi connectivity index (χ1v) is 12.2. The Bertz CT molecular complexity index is 1050. The van der Waals surface area contributed by atoms with E-state index in [2.05, 4.69) is 53.5 Å². The van der Waals surface area contributed by atoms with E-state index in [1.165, 1.54) is 11.1 Å². The lowest BCUT2D eigenvalue weighted by Gasteiger charge is -2.27. The van der Waals surface area contributed by atoms with E-state index in [-0.39, 0.29) is 18.3 Å². The van der Waals surface area contributed by atoms with Crippen LogP contribution < -0.4 is 4.90 Å². The van der Waals surface area contributed by atoms with Gasteiger partial charge in [0, 0.05) is 29.7 Å². The van der Waals surface area contributed by atoms with Crippen LogP contribution >= 0.6 is 46.3 Å². The fraction of sp³-hybridized carbons (Fsp3) is 0.391. The Morgan fingerprint density at radius 2 is 1.94 bits per heavy atom. The van der Waals surface area contributed by atoms with E-state index in [1.54, 1.807) is 11.3 Å². The first-order valence-electron chi connectivity index (χ1n) is 10.3. The molecule has 1 fully saturated rings. The topological polar surface area (TPSA) is 45.7 Å². The van der Waals surface area contributed by atoms with E-state index in [9.17, 15) is 4.79 Å². The molecule has 0 N–H and O–H groups in total. The summed E-state index contributed by atoms with van der Waals surface area (Å²) in [6.07, 6.45) is 0.906. The van der Waals surface area contributed by atoms with Gasteiger partial charge in [-0.05, 0) is 72.2 Å². The van der Waals surface area contributed by atoms with E-state index in [1.807, 2.05) is 29.2 Å². The van der Waals surface area contributed by atoms with Gasteiger partial charge in [-0.25, -0.2) is 4.98 Å².